The van der Waals surface area contributed by atoms with Crippen molar-refractivity contribution in [1.29, 1.82) is 0 Å². The second-order valence-corrected chi connectivity index (χ2v) is 5.17. The van der Waals surface area contributed by atoms with Crippen LogP contribution in [-0.2, 0) is 6.42 Å². The molecule has 1 heteroatoms. The van der Waals surface area contributed by atoms with Gasteiger partial charge in [0, 0.05) is 12.2 Å². The summed E-state index contributed by atoms with van der Waals surface area (Å²) in [5.41, 5.74) is 3.28. The maximum absolute atomic E-state index is 3.56. The second-order valence-electron chi connectivity index (χ2n) is 5.17. The lowest BCUT2D eigenvalue weighted by Gasteiger charge is -2.32. The first-order valence-corrected chi connectivity index (χ1v) is 6.38. The molecule has 0 saturated carbocycles. The highest BCUT2D eigenvalue weighted by molar-refractivity contribution is 5.52. The van der Waals surface area contributed by atoms with Crippen molar-refractivity contribution in [2.75, 3.05) is 11.9 Å². The third kappa shape index (κ3) is 1.75. The van der Waals surface area contributed by atoms with E-state index in [0.29, 0.717) is 5.41 Å². The van der Waals surface area contributed by atoms with Crippen molar-refractivity contribution in [3.63, 3.8) is 0 Å². The van der Waals surface area contributed by atoms with Gasteiger partial charge in [0.1, 0.15) is 0 Å². The van der Waals surface area contributed by atoms with Gasteiger partial charge in [-0.3, -0.25) is 0 Å². The van der Waals surface area contributed by atoms with Gasteiger partial charge in [0.05, 0.1) is 0 Å². The van der Waals surface area contributed by atoms with Crippen molar-refractivity contribution in [3.05, 3.63) is 42.0 Å². The molecule has 0 bridgehead atoms. The first kappa shape index (κ1) is 9.95. The van der Waals surface area contributed by atoms with E-state index in [0.717, 1.165) is 6.54 Å². The zero-order valence-corrected chi connectivity index (χ0v) is 9.71. The molecule has 1 nitrogen and oxygen atoms in total. The zero-order chi connectivity index (χ0) is 10.8. The van der Waals surface area contributed by atoms with Gasteiger partial charge < -0.3 is 5.32 Å². The van der Waals surface area contributed by atoms with Crippen LogP contribution in [0.1, 0.15) is 31.2 Å². The summed E-state index contributed by atoms with van der Waals surface area (Å²) >= 11 is 0. The summed E-state index contributed by atoms with van der Waals surface area (Å²) in [7, 11) is 0. The van der Waals surface area contributed by atoms with Gasteiger partial charge in [-0.05, 0) is 49.1 Å². The molecule has 1 spiro atoms. The van der Waals surface area contributed by atoms with E-state index in [1.165, 1.54) is 43.4 Å². The van der Waals surface area contributed by atoms with Crippen molar-refractivity contribution in [2.24, 2.45) is 5.41 Å². The van der Waals surface area contributed by atoms with Gasteiger partial charge >= 0.3 is 0 Å². The molecule has 1 unspecified atom stereocenters. The van der Waals surface area contributed by atoms with Gasteiger partial charge in [0.2, 0.25) is 0 Å². The number of fused-ring (bicyclic) bond motifs is 1. The average molecular weight is 213 g/mol. The number of rotatable bonds is 0. The molecule has 1 aromatic carbocycles. The molecule has 0 saturated heterocycles. The Balaban J connectivity index is 1.95. The Morgan fingerprint density at radius 1 is 1.12 bits per heavy atom. The SMILES string of the molecule is C1=CC2(CCC1)CCNc1ccccc1C2. The second kappa shape index (κ2) is 3.97. The molecule has 1 atom stereocenters. The lowest BCUT2D eigenvalue weighted by molar-refractivity contribution is 0.313. The lowest BCUT2D eigenvalue weighted by atomic mass is 9.72. The van der Waals surface area contributed by atoms with Gasteiger partial charge in [0.15, 0.2) is 0 Å². The van der Waals surface area contributed by atoms with Gasteiger partial charge in [-0.1, -0.05) is 30.4 Å². The largest absolute Gasteiger partial charge is 0.385 e. The van der Waals surface area contributed by atoms with Gasteiger partial charge in [-0.25, -0.2) is 0 Å². The topological polar surface area (TPSA) is 12.0 Å². The van der Waals surface area contributed by atoms with Crippen LogP contribution in [0.5, 0.6) is 0 Å². The molecule has 1 N–H and O–H groups in total. The fourth-order valence-electron chi connectivity index (χ4n) is 3.11. The summed E-state index contributed by atoms with van der Waals surface area (Å²) in [5.74, 6) is 0. The highest BCUT2D eigenvalue weighted by Gasteiger charge is 2.30. The smallest absolute Gasteiger partial charge is 0.0373 e. The molecular weight excluding hydrogens is 194 g/mol. The van der Waals surface area contributed by atoms with Crippen molar-refractivity contribution in [3.8, 4) is 0 Å². The summed E-state index contributed by atoms with van der Waals surface area (Å²) in [6, 6.07) is 8.77. The fraction of sp³-hybridized carbons (Fsp3) is 0.467. The van der Waals surface area contributed by atoms with Gasteiger partial charge in [-0.2, -0.15) is 0 Å². The Bertz CT molecular complexity index is 408. The molecule has 16 heavy (non-hydrogen) atoms. The molecule has 0 aromatic heterocycles. The molecule has 0 fully saturated rings. The standard InChI is InChI=1S/C15H19N/c1-4-8-15(9-5-1)10-11-16-14-7-3-2-6-13(14)12-15/h2-4,6-8,16H,1,5,9-12H2. The Labute approximate surface area is 97.6 Å². The number of hydrogen-bond acceptors (Lipinski definition) is 1. The first-order chi connectivity index (χ1) is 7.88. The Kier molecular flexibility index (Phi) is 2.47. The number of allylic oxidation sites excluding steroid dienone is 2. The summed E-state index contributed by atoms with van der Waals surface area (Å²) in [5, 5.41) is 3.56. The average Bonchev–Trinajstić information content (AvgIpc) is 2.49. The summed E-state index contributed by atoms with van der Waals surface area (Å²) in [4.78, 5) is 0. The molecule has 1 aliphatic carbocycles. The van der Waals surface area contributed by atoms with Crippen molar-refractivity contribution in [1.82, 2.24) is 0 Å². The van der Waals surface area contributed by atoms with Crippen LogP contribution in [0.3, 0.4) is 0 Å². The first-order valence-electron chi connectivity index (χ1n) is 6.38. The highest BCUT2D eigenvalue weighted by atomic mass is 14.9. The number of anilines is 1. The van der Waals surface area contributed by atoms with E-state index >= 15 is 0 Å². The van der Waals surface area contributed by atoms with E-state index in [9.17, 15) is 0 Å². The minimum Gasteiger partial charge on any atom is -0.385 e. The predicted octanol–water partition coefficient (Wildman–Crippen LogP) is 3.77. The van der Waals surface area contributed by atoms with E-state index < -0.39 is 0 Å². The quantitative estimate of drug-likeness (QED) is 0.647. The van der Waals surface area contributed by atoms with E-state index in [-0.39, 0.29) is 0 Å². The molecule has 84 valence electrons. The van der Waals surface area contributed by atoms with Crippen molar-refractivity contribution >= 4 is 5.69 Å². The van der Waals surface area contributed by atoms with Crippen LogP contribution in [0.2, 0.25) is 0 Å². The number of hydrogen-bond donors (Lipinski definition) is 1. The summed E-state index contributed by atoms with van der Waals surface area (Å²) in [6.45, 7) is 1.11. The van der Waals surface area contributed by atoms with E-state index in [1.807, 2.05) is 0 Å². The van der Waals surface area contributed by atoms with Crippen LogP contribution in [0.4, 0.5) is 5.69 Å². The number of benzene rings is 1. The van der Waals surface area contributed by atoms with E-state index in [4.69, 9.17) is 0 Å². The molecule has 1 heterocycles. The van der Waals surface area contributed by atoms with Crippen LogP contribution in [0, 0.1) is 5.41 Å². The van der Waals surface area contributed by atoms with Crippen molar-refractivity contribution < 1.29 is 0 Å². The molecule has 0 radical (unpaired) electrons. The molecule has 0 amide bonds. The minimum absolute atomic E-state index is 0.442. The van der Waals surface area contributed by atoms with E-state index in [2.05, 4.69) is 41.7 Å². The summed E-state index contributed by atoms with van der Waals surface area (Å²) < 4.78 is 0. The zero-order valence-electron chi connectivity index (χ0n) is 9.71. The highest BCUT2D eigenvalue weighted by Crippen LogP contribution is 2.41. The van der Waals surface area contributed by atoms with Crippen LogP contribution in [0.15, 0.2) is 36.4 Å². The van der Waals surface area contributed by atoms with Crippen molar-refractivity contribution in [2.45, 2.75) is 32.1 Å². The molecule has 3 rings (SSSR count). The monoisotopic (exact) mass is 213 g/mol. The molecular formula is C15H19N. The minimum atomic E-state index is 0.442. The van der Waals surface area contributed by atoms with Crippen LogP contribution < -0.4 is 5.32 Å². The predicted molar refractivity (Wildman–Crippen MR) is 68.7 cm³/mol. The number of para-hydroxylation sites is 1. The Morgan fingerprint density at radius 3 is 2.94 bits per heavy atom. The van der Waals surface area contributed by atoms with Gasteiger partial charge in [-0.15, -0.1) is 0 Å². The van der Waals surface area contributed by atoms with E-state index in [1.54, 1.807) is 0 Å². The third-order valence-electron chi connectivity index (χ3n) is 4.02. The summed E-state index contributed by atoms with van der Waals surface area (Å²) in [6.07, 6.45) is 11.4. The van der Waals surface area contributed by atoms with Crippen LogP contribution in [0.25, 0.3) is 0 Å². The number of nitrogens with one attached hydrogen (secondary N) is 1. The Hall–Kier alpha value is -1.24. The fourth-order valence-corrected chi connectivity index (χ4v) is 3.11. The maximum Gasteiger partial charge on any atom is 0.0373 e. The van der Waals surface area contributed by atoms with Gasteiger partial charge in [0.25, 0.3) is 0 Å². The molecule has 1 aliphatic heterocycles. The molecule has 2 aliphatic rings. The third-order valence-corrected chi connectivity index (χ3v) is 4.02. The lowest BCUT2D eigenvalue weighted by Crippen LogP contribution is -2.23. The maximum atomic E-state index is 3.56. The van der Waals surface area contributed by atoms with Crippen LogP contribution in [-0.4, -0.2) is 6.54 Å². The molecule has 1 aromatic rings. The van der Waals surface area contributed by atoms with Crippen LogP contribution >= 0.6 is 0 Å². The normalized spacial score (nSPS) is 28.2. The Morgan fingerprint density at radius 2 is 2.06 bits per heavy atom.